The van der Waals surface area contributed by atoms with Crippen LogP contribution in [0.2, 0.25) is 0 Å². The van der Waals surface area contributed by atoms with E-state index in [1.54, 1.807) is 6.07 Å². The van der Waals surface area contributed by atoms with Crippen molar-refractivity contribution in [1.29, 1.82) is 5.26 Å². The van der Waals surface area contributed by atoms with Gasteiger partial charge in [-0.25, -0.2) is 0 Å². The van der Waals surface area contributed by atoms with Crippen molar-refractivity contribution in [3.8, 4) is 6.07 Å². The smallest absolute Gasteiger partial charge is 0.235 e. The van der Waals surface area contributed by atoms with E-state index in [-0.39, 0.29) is 11.5 Å². The minimum atomic E-state index is -0.270. The first-order valence-corrected chi connectivity index (χ1v) is 2.27. The van der Waals surface area contributed by atoms with Crippen LogP contribution in [-0.4, -0.2) is 21.1 Å². The van der Waals surface area contributed by atoms with Gasteiger partial charge in [0.25, 0.3) is 0 Å². The van der Waals surface area contributed by atoms with E-state index in [0.29, 0.717) is 0 Å². The van der Waals surface area contributed by atoms with E-state index in [1.165, 1.54) is 0 Å². The molecule has 1 aromatic heterocycles. The third-order valence-corrected chi connectivity index (χ3v) is 0.779. The van der Waals surface area contributed by atoms with E-state index in [2.05, 4.69) is 19.8 Å². The van der Waals surface area contributed by atoms with Crippen LogP contribution in [0.1, 0.15) is 5.82 Å². The number of rotatable bonds is 1. The zero-order valence-electron chi connectivity index (χ0n) is 4.72. The van der Waals surface area contributed by atoms with Crippen molar-refractivity contribution in [1.82, 2.24) is 10.1 Å². The fourth-order valence-electron chi connectivity index (χ4n) is 0.392. The lowest BCUT2D eigenvalue weighted by atomic mass is 10.4. The molecule has 1 N–H and O–H groups in total. The van der Waals surface area contributed by atoms with Gasteiger partial charge in [0.05, 0.1) is 0 Å². The number of nitrogens with zero attached hydrogens (tertiary/aromatic N) is 4. The molecule has 0 radical (unpaired) electrons. The molecule has 0 aromatic carbocycles. The van der Waals surface area contributed by atoms with Gasteiger partial charge in [-0.3, -0.25) is 0 Å². The van der Waals surface area contributed by atoms with Gasteiger partial charge in [0.1, 0.15) is 6.07 Å². The molecule has 0 aliphatic heterocycles. The zero-order chi connectivity index (χ0) is 7.40. The van der Waals surface area contributed by atoms with Gasteiger partial charge < -0.3 is 9.73 Å². The van der Waals surface area contributed by atoms with E-state index in [1.807, 2.05) is 0 Å². The van der Waals surface area contributed by atoms with E-state index >= 15 is 0 Å². The van der Waals surface area contributed by atoms with Crippen LogP contribution in [0.15, 0.2) is 16.1 Å². The Balaban J connectivity index is 2.99. The molecule has 1 aromatic rings. The van der Waals surface area contributed by atoms with Crippen LogP contribution in [0.4, 0.5) is 0 Å². The van der Waals surface area contributed by atoms with Crippen molar-refractivity contribution >= 4 is 5.71 Å². The Morgan fingerprint density at radius 2 is 2.70 bits per heavy atom. The van der Waals surface area contributed by atoms with E-state index in [0.717, 1.165) is 6.39 Å². The molecule has 0 aliphatic rings. The van der Waals surface area contributed by atoms with Crippen LogP contribution >= 0.6 is 0 Å². The summed E-state index contributed by atoms with van der Waals surface area (Å²) in [7, 11) is 0. The van der Waals surface area contributed by atoms with Crippen LogP contribution in [0.3, 0.4) is 0 Å². The first-order chi connectivity index (χ1) is 4.88. The maximum absolute atomic E-state index is 8.24. The van der Waals surface area contributed by atoms with Crippen molar-refractivity contribution in [2.75, 3.05) is 0 Å². The number of hydrogen-bond donors (Lipinski definition) is 1. The topological polar surface area (TPSA) is 95.3 Å². The minimum absolute atomic E-state index is 0.0231. The summed E-state index contributed by atoms with van der Waals surface area (Å²) in [5, 5.41) is 22.3. The summed E-state index contributed by atoms with van der Waals surface area (Å²) in [5.74, 6) is -0.0231. The maximum Gasteiger partial charge on any atom is 0.235 e. The Hall–Kier alpha value is -1.90. The first kappa shape index (κ1) is 6.22. The minimum Gasteiger partial charge on any atom is -0.410 e. The fourth-order valence-corrected chi connectivity index (χ4v) is 0.392. The van der Waals surface area contributed by atoms with Crippen molar-refractivity contribution in [2.24, 2.45) is 5.16 Å². The van der Waals surface area contributed by atoms with Gasteiger partial charge in [0, 0.05) is 0 Å². The highest BCUT2D eigenvalue weighted by molar-refractivity contribution is 6.08. The second-order valence-electron chi connectivity index (χ2n) is 1.32. The lowest BCUT2D eigenvalue weighted by Gasteiger charge is -1.79. The Bertz CT molecular complexity index is 270. The van der Waals surface area contributed by atoms with Gasteiger partial charge in [-0.1, -0.05) is 10.3 Å². The lowest BCUT2D eigenvalue weighted by Crippen LogP contribution is -1.98. The Morgan fingerprint density at radius 3 is 3.10 bits per heavy atom. The normalized spacial score (nSPS) is 10.9. The molecular weight excluding hydrogens is 136 g/mol. The Morgan fingerprint density at radius 1 is 1.90 bits per heavy atom. The average Bonchev–Trinajstić information content (AvgIpc) is 2.43. The van der Waals surface area contributed by atoms with Crippen LogP contribution in [-0.2, 0) is 0 Å². The molecule has 6 nitrogen and oxygen atoms in total. The van der Waals surface area contributed by atoms with E-state index in [4.69, 9.17) is 10.5 Å². The van der Waals surface area contributed by atoms with Crippen LogP contribution in [0.25, 0.3) is 0 Å². The molecule has 6 heteroatoms. The molecule has 0 spiro atoms. The summed E-state index contributed by atoms with van der Waals surface area (Å²) in [5.41, 5.74) is -0.270. The van der Waals surface area contributed by atoms with Gasteiger partial charge in [-0.05, 0) is 0 Å². The summed E-state index contributed by atoms with van der Waals surface area (Å²) < 4.78 is 4.29. The molecule has 1 heterocycles. The summed E-state index contributed by atoms with van der Waals surface area (Å²) in [4.78, 5) is 3.47. The van der Waals surface area contributed by atoms with Gasteiger partial charge in [-0.15, -0.1) is 0 Å². The summed E-state index contributed by atoms with van der Waals surface area (Å²) in [6, 6.07) is 1.57. The molecule has 0 aliphatic carbocycles. The van der Waals surface area contributed by atoms with E-state index < -0.39 is 0 Å². The quantitative estimate of drug-likeness (QED) is 0.328. The maximum atomic E-state index is 8.24. The zero-order valence-corrected chi connectivity index (χ0v) is 4.72. The summed E-state index contributed by atoms with van der Waals surface area (Å²) in [6.07, 6.45) is 1.04. The molecule has 50 valence electrons. The Kier molecular flexibility index (Phi) is 1.61. The lowest BCUT2D eigenvalue weighted by molar-refractivity contribution is 0.319. The largest absolute Gasteiger partial charge is 0.410 e. The van der Waals surface area contributed by atoms with Crippen molar-refractivity contribution in [3.05, 3.63) is 12.2 Å². The highest BCUT2D eigenvalue weighted by atomic mass is 16.5. The molecule has 0 fully saturated rings. The van der Waals surface area contributed by atoms with Crippen molar-refractivity contribution in [3.63, 3.8) is 0 Å². The molecule has 0 saturated carbocycles. The summed E-state index contributed by atoms with van der Waals surface area (Å²) in [6.45, 7) is 0. The molecule has 0 unspecified atom stereocenters. The number of nitriles is 1. The van der Waals surface area contributed by atoms with Crippen LogP contribution in [0, 0.1) is 11.3 Å². The summed E-state index contributed by atoms with van der Waals surface area (Å²) >= 11 is 0. The van der Waals surface area contributed by atoms with Crippen LogP contribution in [0.5, 0.6) is 0 Å². The van der Waals surface area contributed by atoms with Crippen LogP contribution < -0.4 is 0 Å². The van der Waals surface area contributed by atoms with Gasteiger partial charge >= 0.3 is 0 Å². The van der Waals surface area contributed by atoms with Gasteiger partial charge in [0.2, 0.25) is 17.9 Å². The predicted octanol–water partition coefficient (Wildman–Crippen LogP) is -0.229. The number of oxime groups is 1. The molecule has 1 rings (SSSR count). The van der Waals surface area contributed by atoms with Crippen molar-refractivity contribution in [2.45, 2.75) is 0 Å². The van der Waals surface area contributed by atoms with Gasteiger partial charge in [0.15, 0.2) is 0 Å². The molecule has 0 amide bonds. The third kappa shape index (κ3) is 0.925. The third-order valence-electron chi connectivity index (χ3n) is 0.779. The SMILES string of the molecule is N#CC(=NO)c1ncon1. The average molecular weight is 138 g/mol. The molecule has 10 heavy (non-hydrogen) atoms. The molecule has 0 bridgehead atoms. The Labute approximate surface area is 55.4 Å². The second-order valence-corrected chi connectivity index (χ2v) is 1.32. The fraction of sp³-hybridized carbons (Fsp3) is 0. The van der Waals surface area contributed by atoms with E-state index in [9.17, 15) is 0 Å². The standard InChI is InChI=1S/C4H2N4O2/c5-1-3(7-9)4-6-2-10-8-4/h2,9H. The monoisotopic (exact) mass is 138 g/mol. The predicted molar refractivity (Wildman–Crippen MR) is 28.2 cm³/mol. The highest BCUT2D eigenvalue weighted by Gasteiger charge is 2.06. The highest BCUT2D eigenvalue weighted by Crippen LogP contribution is 1.89. The number of hydrogen-bond acceptors (Lipinski definition) is 6. The van der Waals surface area contributed by atoms with Crippen molar-refractivity contribution < 1.29 is 9.73 Å². The molecule has 0 saturated heterocycles. The second kappa shape index (κ2) is 2.59. The first-order valence-electron chi connectivity index (χ1n) is 2.27. The molecular formula is C4H2N4O2. The number of aromatic nitrogens is 2. The van der Waals surface area contributed by atoms with Gasteiger partial charge in [-0.2, -0.15) is 10.2 Å². The molecule has 0 atom stereocenters.